The van der Waals surface area contributed by atoms with E-state index in [1.165, 1.54) is 10.4 Å². The minimum Gasteiger partial charge on any atom is -0.379 e. The van der Waals surface area contributed by atoms with Crippen LogP contribution in [0.5, 0.6) is 0 Å². The van der Waals surface area contributed by atoms with Crippen LogP contribution < -0.4 is 10.6 Å². The van der Waals surface area contributed by atoms with Gasteiger partial charge < -0.3 is 15.4 Å². The summed E-state index contributed by atoms with van der Waals surface area (Å²) in [5.41, 5.74) is 2.40. The lowest BCUT2D eigenvalue weighted by Gasteiger charge is -2.26. The second-order valence-electron chi connectivity index (χ2n) is 6.51. The van der Waals surface area contributed by atoms with Crippen LogP contribution >= 0.6 is 11.3 Å². The molecular weight excluding hydrogens is 346 g/mol. The van der Waals surface area contributed by atoms with E-state index in [1.54, 1.807) is 11.3 Å². The number of urea groups is 1. The Bertz CT molecular complexity index is 684. The summed E-state index contributed by atoms with van der Waals surface area (Å²) in [4.78, 5) is 15.8. The average Bonchev–Trinajstić information content (AvgIpc) is 3.20. The molecule has 1 unspecified atom stereocenters. The monoisotopic (exact) mass is 373 g/mol. The van der Waals surface area contributed by atoms with Crippen LogP contribution in [0.4, 0.5) is 4.79 Å². The van der Waals surface area contributed by atoms with Crippen molar-refractivity contribution in [1.82, 2.24) is 15.5 Å². The quantitative estimate of drug-likeness (QED) is 0.781. The molecule has 2 N–H and O–H groups in total. The minimum absolute atomic E-state index is 0.0719. The molecule has 0 radical (unpaired) electrons. The van der Waals surface area contributed by atoms with Crippen LogP contribution in [0.25, 0.3) is 0 Å². The molecule has 0 aliphatic carbocycles. The van der Waals surface area contributed by atoms with Gasteiger partial charge in [-0.25, -0.2) is 4.79 Å². The summed E-state index contributed by atoms with van der Waals surface area (Å²) in [6, 6.07) is 12.5. The number of thiophene rings is 1. The third-order valence-electron chi connectivity index (χ3n) is 4.55. The second kappa shape index (κ2) is 9.71. The summed E-state index contributed by atoms with van der Waals surface area (Å²) in [6.07, 6.45) is 0.878. The first-order valence-electron chi connectivity index (χ1n) is 9.20. The van der Waals surface area contributed by atoms with E-state index in [0.717, 1.165) is 44.8 Å². The molecule has 2 heterocycles. The molecule has 2 amide bonds. The van der Waals surface area contributed by atoms with Crippen LogP contribution in [0, 0.1) is 0 Å². The highest BCUT2D eigenvalue weighted by molar-refractivity contribution is 7.10. The summed E-state index contributed by atoms with van der Waals surface area (Å²) < 4.78 is 5.40. The molecule has 1 aromatic heterocycles. The Morgan fingerprint density at radius 2 is 2.04 bits per heavy atom. The molecule has 1 aliphatic heterocycles. The number of nitrogens with zero attached hydrogens (tertiary/aromatic N) is 1. The number of morpholine rings is 1. The minimum atomic E-state index is -0.121. The maximum atomic E-state index is 12.2. The number of carbonyl (C=O) groups is 1. The number of amides is 2. The van der Waals surface area contributed by atoms with E-state index in [0.29, 0.717) is 6.54 Å². The molecule has 0 bridgehead atoms. The molecule has 3 rings (SSSR count). The Morgan fingerprint density at radius 3 is 2.77 bits per heavy atom. The summed E-state index contributed by atoms with van der Waals surface area (Å²) >= 11 is 1.67. The first-order chi connectivity index (χ1) is 12.7. The zero-order valence-corrected chi connectivity index (χ0v) is 16.1. The second-order valence-corrected chi connectivity index (χ2v) is 7.49. The van der Waals surface area contributed by atoms with Gasteiger partial charge >= 0.3 is 6.03 Å². The fraction of sp³-hybridized carbons (Fsp3) is 0.450. The van der Waals surface area contributed by atoms with Crippen LogP contribution in [0.1, 0.15) is 35.4 Å². The third-order valence-corrected chi connectivity index (χ3v) is 5.54. The lowest BCUT2D eigenvalue weighted by Crippen LogP contribution is -2.37. The Morgan fingerprint density at radius 1 is 1.23 bits per heavy atom. The highest BCUT2D eigenvalue weighted by Crippen LogP contribution is 2.21. The largest absolute Gasteiger partial charge is 0.379 e. The summed E-state index contributed by atoms with van der Waals surface area (Å²) in [6.45, 7) is 7.12. The van der Waals surface area contributed by atoms with Crippen molar-refractivity contribution >= 4 is 17.4 Å². The normalized spacial score (nSPS) is 16.2. The van der Waals surface area contributed by atoms with Gasteiger partial charge in [0.1, 0.15) is 0 Å². The summed E-state index contributed by atoms with van der Waals surface area (Å²) in [5.74, 6) is 0. The number of rotatable bonds is 7. The zero-order valence-electron chi connectivity index (χ0n) is 15.2. The van der Waals surface area contributed by atoms with Gasteiger partial charge in [0.25, 0.3) is 0 Å². The Hall–Kier alpha value is -1.89. The Kier molecular flexibility index (Phi) is 7.05. The predicted octanol–water partition coefficient (Wildman–Crippen LogP) is 3.53. The van der Waals surface area contributed by atoms with E-state index in [9.17, 15) is 4.79 Å². The molecule has 6 heteroatoms. The van der Waals surface area contributed by atoms with Crippen molar-refractivity contribution in [3.8, 4) is 0 Å². The van der Waals surface area contributed by atoms with Crippen molar-refractivity contribution in [3.05, 3.63) is 57.8 Å². The van der Waals surface area contributed by atoms with Crippen LogP contribution in [-0.4, -0.2) is 37.2 Å². The van der Waals surface area contributed by atoms with Crippen LogP contribution in [0.2, 0.25) is 0 Å². The van der Waals surface area contributed by atoms with Crippen molar-refractivity contribution in [2.24, 2.45) is 0 Å². The van der Waals surface area contributed by atoms with Gasteiger partial charge in [-0.15, -0.1) is 11.3 Å². The fourth-order valence-electron chi connectivity index (χ4n) is 3.11. The van der Waals surface area contributed by atoms with Crippen molar-refractivity contribution in [2.75, 3.05) is 26.3 Å². The van der Waals surface area contributed by atoms with Crippen molar-refractivity contribution in [1.29, 1.82) is 0 Å². The van der Waals surface area contributed by atoms with Gasteiger partial charge in [-0.2, -0.15) is 0 Å². The van der Waals surface area contributed by atoms with E-state index >= 15 is 0 Å². The lowest BCUT2D eigenvalue weighted by molar-refractivity contribution is 0.0342. The highest BCUT2D eigenvalue weighted by Gasteiger charge is 2.14. The van der Waals surface area contributed by atoms with Gasteiger partial charge in [-0.05, 0) is 29.0 Å². The van der Waals surface area contributed by atoms with E-state index < -0.39 is 0 Å². The van der Waals surface area contributed by atoms with E-state index in [-0.39, 0.29) is 12.1 Å². The van der Waals surface area contributed by atoms with Gasteiger partial charge in [0.2, 0.25) is 0 Å². The molecule has 1 aromatic carbocycles. The van der Waals surface area contributed by atoms with Crippen molar-refractivity contribution < 1.29 is 9.53 Å². The molecule has 5 nitrogen and oxygen atoms in total. The van der Waals surface area contributed by atoms with Crippen LogP contribution in [0.3, 0.4) is 0 Å². The maximum absolute atomic E-state index is 12.2. The molecule has 0 spiro atoms. The van der Waals surface area contributed by atoms with Crippen molar-refractivity contribution in [2.45, 2.75) is 32.5 Å². The number of benzene rings is 1. The van der Waals surface area contributed by atoms with Crippen LogP contribution in [-0.2, 0) is 17.8 Å². The zero-order chi connectivity index (χ0) is 18.2. The maximum Gasteiger partial charge on any atom is 0.315 e. The van der Waals surface area contributed by atoms with Gasteiger partial charge in [-0.3, -0.25) is 4.90 Å². The summed E-state index contributed by atoms with van der Waals surface area (Å²) in [5, 5.41) is 8.07. The first kappa shape index (κ1) is 18.9. The highest BCUT2D eigenvalue weighted by atomic mass is 32.1. The molecule has 1 saturated heterocycles. The number of carbonyl (C=O) groups excluding carboxylic acids is 1. The topological polar surface area (TPSA) is 53.6 Å². The predicted molar refractivity (Wildman–Crippen MR) is 105 cm³/mol. The van der Waals surface area contributed by atoms with Gasteiger partial charge in [0.05, 0.1) is 19.3 Å². The fourth-order valence-corrected chi connectivity index (χ4v) is 3.97. The first-order valence-corrected chi connectivity index (χ1v) is 10.1. The van der Waals surface area contributed by atoms with E-state index in [1.807, 2.05) is 11.4 Å². The van der Waals surface area contributed by atoms with Crippen LogP contribution in [0.15, 0.2) is 41.8 Å². The number of hydrogen-bond donors (Lipinski definition) is 2. The number of nitrogens with one attached hydrogen (secondary N) is 2. The molecule has 140 valence electrons. The molecule has 1 atom stereocenters. The summed E-state index contributed by atoms with van der Waals surface area (Å²) in [7, 11) is 0. The lowest BCUT2D eigenvalue weighted by atomic mass is 10.1. The molecule has 2 aromatic rings. The Balaban J connectivity index is 1.49. The molecule has 26 heavy (non-hydrogen) atoms. The standard InChI is InChI=1S/C20H27N3O2S/c1-2-18(19-7-4-12-26-19)22-20(24)21-14-16-5-3-6-17(13-16)15-23-8-10-25-11-9-23/h3-7,12-13,18H,2,8-11,14-15H2,1H3,(H2,21,22,24). The average molecular weight is 374 g/mol. The van der Waals surface area contributed by atoms with Gasteiger partial charge in [0.15, 0.2) is 0 Å². The number of ether oxygens (including phenoxy) is 1. The smallest absolute Gasteiger partial charge is 0.315 e. The Labute approximate surface area is 159 Å². The molecule has 1 aliphatic rings. The number of hydrogen-bond acceptors (Lipinski definition) is 4. The van der Waals surface area contributed by atoms with E-state index in [4.69, 9.17) is 4.74 Å². The molecular formula is C20H27N3O2S. The molecule has 0 saturated carbocycles. The molecule has 1 fully saturated rings. The van der Waals surface area contributed by atoms with Gasteiger partial charge in [-0.1, -0.05) is 37.3 Å². The van der Waals surface area contributed by atoms with E-state index in [2.05, 4.69) is 52.8 Å². The van der Waals surface area contributed by atoms with Gasteiger partial charge in [0, 0.05) is 31.1 Å². The SMILES string of the molecule is CCC(NC(=O)NCc1cccc(CN2CCOCC2)c1)c1cccs1. The third kappa shape index (κ3) is 5.56. The van der Waals surface area contributed by atoms with Crippen molar-refractivity contribution in [3.63, 3.8) is 0 Å².